The van der Waals surface area contributed by atoms with E-state index >= 15 is 0 Å². The van der Waals surface area contributed by atoms with Crippen LogP contribution in [0.15, 0.2) is 4.99 Å². The van der Waals surface area contributed by atoms with Crippen molar-refractivity contribution in [2.75, 3.05) is 18.6 Å². The molecule has 14 nitrogen and oxygen atoms in total. The smallest absolute Gasteiger partial charge is 0.326 e. The van der Waals surface area contributed by atoms with Gasteiger partial charge in [-0.05, 0) is 43.6 Å². The van der Waals surface area contributed by atoms with Crippen molar-refractivity contribution < 1.29 is 34.2 Å². The second-order valence-corrected chi connectivity index (χ2v) is 9.57. The highest BCUT2D eigenvalue weighted by Crippen LogP contribution is 2.08. The van der Waals surface area contributed by atoms with Crippen LogP contribution in [-0.2, 0) is 24.0 Å². The van der Waals surface area contributed by atoms with Gasteiger partial charge in [0.05, 0.1) is 12.5 Å². The van der Waals surface area contributed by atoms with Gasteiger partial charge in [0.25, 0.3) is 0 Å². The SMILES string of the molecule is CSCCC(N)C(=O)NC(CC(=O)O)C(=O)NC(CCCN=C(N)N)C(=O)NC(CC(C)C)C(=O)O. The molecule has 0 radical (unpaired) electrons. The molecule has 0 rings (SSSR count). The van der Waals surface area contributed by atoms with Gasteiger partial charge in [-0.25, -0.2) is 4.79 Å². The van der Waals surface area contributed by atoms with Crippen LogP contribution < -0.4 is 33.2 Å². The third-order valence-corrected chi connectivity index (χ3v) is 5.53. The summed E-state index contributed by atoms with van der Waals surface area (Å²) in [5, 5.41) is 25.8. The minimum atomic E-state index is -1.51. The Balaban J connectivity index is 5.62. The number of carboxylic acids is 2. The molecule has 0 heterocycles. The van der Waals surface area contributed by atoms with E-state index in [1.54, 1.807) is 13.8 Å². The van der Waals surface area contributed by atoms with Crippen LogP contribution in [0.2, 0.25) is 0 Å². The molecule has 0 saturated heterocycles. The molecule has 0 saturated carbocycles. The van der Waals surface area contributed by atoms with E-state index in [4.69, 9.17) is 17.2 Å². The zero-order chi connectivity index (χ0) is 27.8. The van der Waals surface area contributed by atoms with Gasteiger partial charge in [0, 0.05) is 6.54 Å². The molecule has 4 atom stereocenters. The first kappa shape index (κ1) is 32.9. The van der Waals surface area contributed by atoms with Gasteiger partial charge in [-0.1, -0.05) is 13.8 Å². The fraction of sp³-hybridized carbons (Fsp3) is 0.714. The van der Waals surface area contributed by atoms with Gasteiger partial charge in [-0.15, -0.1) is 0 Å². The standard InChI is InChI=1S/C21H39N7O7S/c1-11(2)9-15(20(34)35)28-18(32)13(5-4-7-25-21(23)24)26-19(33)14(10-16(29)30)27-17(31)12(22)6-8-36-3/h11-15H,4-10,22H2,1-3H3,(H,26,33)(H,27,31)(H,28,32)(H,29,30)(H,34,35)(H4,23,24,25). The van der Waals surface area contributed by atoms with Crippen LogP contribution in [0, 0.1) is 5.92 Å². The maximum absolute atomic E-state index is 12.9. The zero-order valence-corrected chi connectivity index (χ0v) is 21.7. The molecule has 206 valence electrons. The third-order valence-electron chi connectivity index (χ3n) is 4.88. The minimum Gasteiger partial charge on any atom is -0.481 e. The lowest BCUT2D eigenvalue weighted by Crippen LogP contribution is -2.57. The summed E-state index contributed by atoms with van der Waals surface area (Å²) in [7, 11) is 0. The summed E-state index contributed by atoms with van der Waals surface area (Å²) in [6, 6.07) is -4.89. The summed E-state index contributed by atoms with van der Waals surface area (Å²) < 4.78 is 0. The van der Waals surface area contributed by atoms with Gasteiger partial charge < -0.3 is 43.4 Å². The Labute approximate surface area is 214 Å². The summed E-state index contributed by atoms with van der Waals surface area (Å²) >= 11 is 1.47. The molecule has 0 aromatic heterocycles. The lowest BCUT2D eigenvalue weighted by molar-refractivity contribution is -0.143. The van der Waals surface area contributed by atoms with Crippen molar-refractivity contribution in [3.05, 3.63) is 0 Å². The summed E-state index contributed by atoms with van der Waals surface area (Å²) in [6.07, 6.45) is 1.81. The number of rotatable bonds is 18. The number of thioether (sulfide) groups is 1. The highest BCUT2D eigenvalue weighted by molar-refractivity contribution is 7.98. The summed E-state index contributed by atoms with van der Waals surface area (Å²) in [4.78, 5) is 64.8. The van der Waals surface area contributed by atoms with Gasteiger partial charge in [0.2, 0.25) is 17.7 Å². The molecule has 0 aliphatic carbocycles. The van der Waals surface area contributed by atoms with Crippen LogP contribution in [-0.4, -0.2) is 88.6 Å². The largest absolute Gasteiger partial charge is 0.481 e. The predicted molar refractivity (Wildman–Crippen MR) is 136 cm³/mol. The molecule has 0 aromatic rings. The number of nitrogens with two attached hydrogens (primary N) is 3. The molecule has 4 unspecified atom stereocenters. The van der Waals surface area contributed by atoms with Crippen molar-refractivity contribution in [3.8, 4) is 0 Å². The zero-order valence-electron chi connectivity index (χ0n) is 20.9. The average Bonchev–Trinajstić information content (AvgIpc) is 2.77. The summed E-state index contributed by atoms with van der Waals surface area (Å²) in [5.74, 6) is -4.62. The molecule has 0 spiro atoms. The first-order chi connectivity index (χ1) is 16.8. The van der Waals surface area contributed by atoms with Crippen LogP contribution in [0.4, 0.5) is 0 Å². The van der Waals surface area contributed by atoms with Gasteiger partial charge in [-0.3, -0.25) is 24.2 Å². The summed E-state index contributed by atoms with van der Waals surface area (Å²) in [5.41, 5.74) is 16.4. The second kappa shape index (κ2) is 17.4. The molecule has 36 heavy (non-hydrogen) atoms. The number of guanidine groups is 1. The molecule has 0 fully saturated rings. The van der Waals surface area contributed by atoms with E-state index in [9.17, 15) is 34.2 Å². The van der Waals surface area contributed by atoms with Crippen LogP contribution in [0.5, 0.6) is 0 Å². The maximum Gasteiger partial charge on any atom is 0.326 e. The molecule has 0 aliphatic heterocycles. The molecule has 3 amide bonds. The number of carbonyl (C=O) groups excluding carboxylic acids is 3. The van der Waals surface area contributed by atoms with Gasteiger partial charge in [0.1, 0.15) is 18.1 Å². The van der Waals surface area contributed by atoms with E-state index in [1.165, 1.54) is 11.8 Å². The number of hydrogen-bond donors (Lipinski definition) is 8. The molecule has 15 heteroatoms. The van der Waals surface area contributed by atoms with Gasteiger partial charge in [-0.2, -0.15) is 11.8 Å². The van der Waals surface area contributed by atoms with Crippen molar-refractivity contribution in [3.63, 3.8) is 0 Å². The molecular weight excluding hydrogens is 494 g/mol. The van der Waals surface area contributed by atoms with Crippen LogP contribution in [0.3, 0.4) is 0 Å². The van der Waals surface area contributed by atoms with Crippen molar-refractivity contribution in [1.82, 2.24) is 16.0 Å². The number of nitrogens with zero attached hydrogens (tertiary/aromatic N) is 1. The van der Waals surface area contributed by atoms with Crippen LogP contribution >= 0.6 is 11.8 Å². The minimum absolute atomic E-state index is 0.0172. The van der Waals surface area contributed by atoms with Gasteiger partial charge in [0.15, 0.2) is 5.96 Å². The molecule has 0 aliphatic rings. The Morgan fingerprint density at radius 3 is 1.94 bits per heavy atom. The Bertz CT molecular complexity index is 791. The van der Waals surface area contributed by atoms with Crippen molar-refractivity contribution in [2.45, 2.75) is 70.1 Å². The lowest BCUT2D eigenvalue weighted by Gasteiger charge is -2.25. The number of carbonyl (C=O) groups is 5. The number of nitrogens with one attached hydrogen (secondary N) is 3. The van der Waals surface area contributed by atoms with Gasteiger partial charge >= 0.3 is 11.9 Å². The first-order valence-electron chi connectivity index (χ1n) is 11.4. The fourth-order valence-electron chi connectivity index (χ4n) is 3.05. The molecule has 0 aromatic carbocycles. The van der Waals surface area contributed by atoms with E-state index in [0.29, 0.717) is 12.2 Å². The average molecular weight is 534 g/mol. The Kier molecular flexibility index (Phi) is 15.9. The third kappa shape index (κ3) is 14.4. The number of amides is 3. The number of aliphatic carboxylic acids is 2. The summed E-state index contributed by atoms with van der Waals surface area (Å²) in [6.45, 7) is 3.72. The first-order valence-corrected chi connectivity index (χ1v) is 12.8. The van der Waals surface area contributed by atoms with Crippen LogP contribution in [0.1, 0.15) is 46.0 Å². The number of hydrogen-bond acceptors (Lipinski definition) is 8. The van der Waals surface area contributed by atoms with Crippen molar-refractivity contribution in [2.24, 2.45) is 28.1 Å². The van der Waals surface area contributed by atoms with Crippen molar-refractivity contribution in [1.29, 1.82) is 0 Å². The monoisotopic (exact) mass is 533 g/mol. The quantitative estimate of drug-likeness (QED) is 0.0553. The number of carboxylic acid groups (broad SMARTS) is 2. The topological polar surface area (TPSA) is 252 Å². The maximum atomic E-state index is 12.9. The molecule has 0 bridgehead atoms. The van der Waals surface area contributed by atoms with E-state index in [1.807, 2.05) is 6.26 Å². The van der Waals surface area contributed by atoms with E-state index in [2.05, 4.69) is 20.9 Å². The Morgan fingerprint density at radius 1 is 0.889 bits per heavy atom. The second-order valence-electron chi connectivity index (χ2n) is 8.59. The highest BCUT2D eigenvalue weighted by atomic mass is 32.2. The van der Waals surface area contributed by atoms with E-state index in [0.717, 1.165) is 0 Å². The normalized spacial score (nSPS) is 14.1. The predicted octanol–water partition coefficient (Wildman–Crippen LogP) is -1.82. The van der Waals surface area contributed by atoms with Crippen molar-refractivity contribution >= 4 is 47.4 Å². The Hall–Kier alpha value is -3.07. The lowest BCUT2D eigenvalue weighted by atomic mass is 10.0. The molecular formula is C21H39N7O7S. The van der Waals surface area contributed by atoms with E-state index in [-0.39, 0.29) is 37.7 Å². The Morgan fingerprint density at radius 2 is 1.44 bits per heavy atom. The highest BCUT2D eigenvalue weighted by Gasteiger charge is 2.31. The fourth-order valence-corrected chi connectivity index (χ4v) is 3.54. The van der Waals surface area contributed by atoms with E-state index < -0.39 is 60.2 Å². The number of aliphatic imine (C=N–C) groups is 1. The van der Waals surface area contributed by atoms with Crippen LogP contribution in [0.25, 0.3) is 0 Å². The molecule has 11 N–H and O–H groups in total.